The quantitative estimate of drug-likeness (QED) is 0.655. The number of benzene rings is 2. The number of amides is 1. The van der Waals surface area contributed by atoms with Gasteiger partial charge in [0, 0.05) is 38.3 Å². The molecular weight excluding hydrogens is 414 g/mol. The van der Waals surface area contributed by atoms with Gasteiger partial charge in [-0.3, -0.25) is 4.79 Å². The molecule has 7 nitrogen and oxygen atoms in total. The van der Waals surface area contributed by atoms with Crippen molar-refractivity contribution >= 4 is 15.9 Å². The number of methoxy groups -OCH3 is 1. The highest BCUT2D eigenvalue weighted by atomic mass is 32.2. The summed E-state index contributed by atoms with van der Waals surface area (Å²) in [7, 11) is 3.20. The first-order valence-electron chi connectivity index (χ1n) is 10.4. The van der Waals surface area contributed by atoms with E-state index in [2.05, 4.69) is 19.0 Å². The second-order valence-corrected chi connectivity index (χ2v) is 10.1. The molecule has 1 fully saturated rings. The third-order valence-corrected chi connectivity index (χ3v) is 7.65. The van der Waals surface area contributed by atoms with Gasteiger partial charge in [-0.2, -0.15) is 4.31 Å². The largest absolute Gasteiger partial charge is 0.495 e. The van der Waals surface area contributed by atoms with Crippen LogP contribution in [0.1, 0.15) is 28.8 Å². The van der Waals surface area contributed by atoms with Gasteiger partial charge >= 0.3 is 0 Å². The average Bonchev–Trinajstić information content (AvgIpc) is 2.78. The zero-order valence-corrected chi connectivity index (χ0v) is 19.4. The van der Waals surface area contributed by atoms with Crippen molar-refractivity contribution in [2.45, 2.75) is 30.3 Å². The van der Waals surface area contributed by atoms with Crippen LogP contribution in [0.25, 0.3) is 0 Å². The molecule has 1 aliphatic rings. The van der Waals surface area contributed by atoms with Gasteiger partial charge in [0.15, 0.2) is 0 Å². The van der Waals surface area contributed by atoms with E-state index in [0.717, 1.165) is 18.4 Å². The summed E-state index contributed by atoms with van der Waals surface area (Å²) in [6.45, 7) is 1.54. The van der Waals surface area contributed by atoms with Crippen LogP contribution in [-0.2, 0) is 16.6 Å². The van der Waals surface area contributed by atoms with Gasteiger partial charge in [0.1, 0.15) is 10.6 Å². The van der Waals surface area contributed by atoms with E-state index >= 15 is 0 Å². The van der Waals surface area contributed by atoms with Crippen molar-refractivity contribution in [1.82, 2.24) is 14.1 Å². The van der Waals surface area contributed by atoms with Crippen LogP contribution in [0, 0.1) is 0 Å². The Labute approximate surface area is 185 Å². The molecule has 2 aromatic carbocycles. The molecule has 0 N–H and O–H groups in total. The summed E-state index contributed by atoms with van der Waals surface area (Å²) in [4.78, 5) is 17.1. The summed E-state index contributed by atoms with van der Waals surface area (Å²) in [5.41, 5.74) is 1.24. The second-order valence-electron chi connectivity index (χ2n) is 8.10. The van der Waals surface area contributed by atoms with Gasteiger partial charge in [-0.05, 0) is 50.7 Å². The minimum atomic E-state index is -3.86. The number of carbonyl (C=O) groups excluding carboxylic acids is 1. The normalized spacial score (nSPS) is 15.5. The number of hydrogen-bond donors (Lipinski definition) is 0. The van der Waals surface area contributed by atoms with Gasteiger partial charge in [0.25, 0.3) is 5.91 Å². The molecule has 1 aliphatic heterocycles. The highest BCUT2D eigenvalue weighted by Crippen LogP contribution is 2.29. The fourth-order valence-electron chi connectivity index (χ4n) is 3.87. The molecule has 8 heteroatoms. The van der Waals surface area contributed by atoms with Gasteiger partial charge < -0.3 is 14.5 Å². The van der Waals surface area contributed by atoms with Crippen LogP contribution in [0.5, 0.6) is 5.75 Å². The highest BCUT2D eigenvalue weighted by Gasteiger charge is 2.29. The molecule has 0 aliphatic carbocycles. The average molecular weight is 446 g/mol. The molecule has 0 saturated carbocycles. The Balaban J connectivity index is 1.84. The molecule has 0 bridgehead atoms. The zero-order valence-electron chi connectivity index (χ0n) is 18.6. The van der Waals surface area contributed by atoms with Crippen molar-refractivity contribution in [3.8, 4) is 5.75 Å². The fourth-order valence-corrected chi connectivity index (χ4v) is 5.21. The summed E-state index contributed by atoms with van der Waals surface area (Å²) in [6, 6.07) is 14.5. The summed E-state index contributed by atoms with van der Waals surface area (Å²) < 4.78 is 33.2. The zero-order chi connectivity index (χ0) is 22.6. The molecule has 0 atom stereocenters. The first-order chi connectivity index (χ1) is 14.7. The number of likely N-dealkylation sites (tertiary alicyclic amines) is 1. The van der Waals surface area contributed by atoms with Crippen LogP contribution in [0.4, 0.5) is 0 Å². The maximum Gasteiger partial charge on any atom is 0.253 e. The third-order valence-electron chi connectivity index (χ3n) is 5.83. The minimum Gasteiger partial charge on any atom is -0.495 e. The number of piperidine rings is 1. The number of ether oxygens (including phenoxy) is 1. The van der Waals surface area contributed by atoms with Gasteiger partial charge in [-0.1, -0.05) is 30.3 Å². The van der Waals surface area contributed by atoms with Crippen LogP contribution in [0.15, 0.2) is 53.4 Å². The van der Waals surface area contributed by atoms with Crippen LogP contribution in [-0.4, -0.2) is 75.8 Å². The van der Waals surface area contributed by atoms with E-state index in [4.69, 9.17) is 4.74 Å². The molecule has 2 aromatic rings. The lowest BCUT2D eigenvalue weighted by molar-refractivity contribution is 0.0663. The van der Waals surface area contributed by atoms with E-state index in [0.29, 0.717) is 24.7 Å². The Morgan fingerprint density at radius 3 is 2.29 bits per heavy atom. The van der Waals surface area contributed by atoms with Crippen molar-refractivity contribution in [2.24, 2.45) is 0 Å². The van der Waals surface area contributed by atoms with E-state index in [1.165, 1.54) is 24.5 Å². The number of nitrogens with zero attached hydrogens (tertiary/aromatic N) is 3. The number of hydrogen-bond acceptors (Lipinski definition) is 5. The summed E-state index contributed by atoms with van der Waals surface area (Å²) in [5.74, 6) is 0.0739. The SMILES string of the molecule is COc1ccc(C(=O)N2CCC(N(C)C)CC2)cc1S(=O)(=O)N(C)Cc1ccccc1. The predicted octanol–water partition coefficient (Wildman–Crippen LogP) is 2.68. The van der Waals surface area contributed by atoms with E-state index in [1.807, 2.05) is 30.3 Å². The molecule has 31 heavy (non-hydrogen) atoms. The molecule has 0 radical (unpaired) electrons. The van der Waals surface area contributed by atoms with Crippen LogP contribution in [0.2, 0.25) is 0 Å². The summed E-state index contributed by atoms with van der Waals surface area (Å²) in [5, 5.41) is 0. The topological polar surface area (TPSA) is 70.2 Å². The fraction of sp³-hybridized carbons (Fsp3) is 0.435. The molecular formula is C23H31N3O4S. The Bertz CT molecular complexity index is 1000. The monoisotopic (exact) mass is 445 g/mol. The first-order valence-corrected chi connectivity index (χ1v) is 11.8. The van der Waals surface area contributed by atoms with E-state index in [9.17, 15) is 13.2 Å². The third kappa shape index (κ3) is 5.26. The van der Waals surface area contributed by atoms with E-state index in [1.54, 1.807) is 17.0 Å². The Morgan fingerprint density at radius 1 is 1.06 bits per heavy atom. The highest BCUT2D eigenvalue weighted by molar-refractivity contribution is 7.89. The standard InChI is InChI=1S/C23H31N3O4S/c1-24(2)20-12-14-26(15-13-20)23(27)19-10-11-21(30-4)22(16-19)31(28,29)25(3)17-18-8-6-5-7-9-18/h5-11,16,20H,12-15,17H2,1-4H3. The van der Waals surface area contributed by atoms with E-state index in [-0.39, 0.29) is 23.1 Å². The van der Waals surface area contributed by atoms with Crippen molar-refractivity contribution in [2.75, 3.05) is 41.3 Å². The summed E-state index contributed by atoms with van der Waals surface area (Å²) >= 11 is 0. The van der Waals surface area contributed by atoms with Crippen molar-refractivity contribution in [1.29, 1.82) is 0 Å². The van der Waals surface area contributed by atoms with Gasteiger partial charge in [0.2, 0.25) is 10.0 Å². The van der Waals surface area contributed by atoms with Gasteiger partial charge in [-0.15, -0.1) is 0 Å². The lowest BCUT2D eigenvalue weighted by Crippen LogP contribution is -2.44. The number of carbonyl (C=O) groups is 1. The van der Waals surface area contributed by atoms with Crippen LogP contribution in [0.3, 0.4) is 0 Å². The maximum atomic E-state index is 13.3. The molecule has 0 aromatic heterocycles. The van der Waals surface area contributed by atoms with E-state index < -0.39 is 10.0 Å². The molecule has 3 rings (SSSR count). The minimum absolute atomic E-state index is 0.00228. The maximum absolute atomic E-state index is 13.3. The molecule has 0 unspecified atom stereocenters. The predicted molar refractivity (Wildman–Crippen MR) is 121 cm³/mol. The smallest absolute Gasteiger partial charge is 0.253 e. The number of rotatable bonds is 7. The Kier molecular flexibility index (Phi) is 7.35. The van der Waals surface area contributed by atoms with Crippen molar-refractivity contribution < 1.29 is 17.9 Å². The lowest BCUT2D eigenvalue weighted by Gasteiger charge is -2.35. The van der Waals surface area contributed by atoms with Crippen LogP contribution < -0.4 is 4.74 Å². The molecule has 1 heterocycles. The Morgan fingerprint density at radius 2 is 1.71 bits per heavy atom. The molecule has 1 amide bonds. The molecule has 0 spiro atoms. The molecule has 168 valence electrons. The van der Waals surface area contributed by atoms with Crippen molar-refractivity contribution in [3.63, 3.8) is 0 Å². The second kappa shape index (κ2) is 9.80. The first kappa shape index (κ1) is 23.2. The van der Waals surface area contributed by atoms with Gasteiger partial charge in [-0.25, -0.2) is 8.42 Å². The van der Waals surface area contributed by atoms with Crippen molar-refractivity contribution in [3.05, 3.63) is 59.7 Å². The van der Waals surface area contributed by atoms with Crippen LogP contribution >= 0.6 is 0 Å². The van der Waals surface area contributed by atoms with Gasteiger partial charge in [0.05, 0.1) is 7.11 Å². The molecule has 1 saturated heterocycles. The lowest BCUT2D eigenvalue weighted by atomic mass is 10.0. The summed E-state index contributed by atoms with van der Waals surface area (Å²) in [6.07, 6.45) is 1.81. The Hall–Kier alpha value is -2.42. The number of sulfonamides is 1.